The van der Waals surface area contributed by atoms with E-state index < -0.39 is 0 Å². The number of methoxy groups -OCH3 is 1. The van der Waals surface area contributed by atoms with Crippen LogP contribution < -0.4 is 4.74 Å². The van der Waals surface area contributed by atoms with Gasteiger partial charge in [-0.2, -0.15) is 0 Å². The minimum Gasteiger partial charge on any atom is -0.508 e. The van der Waals surface area contributed by atoms with Crippen molar-refractivity contribution in [3.8, 4) is 11.5 Å². The highest BCUT2D eigenvalue weighted by atomic mass is 16.5. The summed E-state index contributed by atoms with van der Waals surface area (Å²) in [6.07, 6.45) is 8.11. The van der Waals surface area contributed by atoms with E-state index in [9.17, 15) is 5.11 Å². The van der Waals surface area contributed by atoms with Crippen LogP contribution in [-0.2, 0) is 6.42 Å². The van der Waals surface area contributed by atoms with Gasteiger partial charge in [-0.25, -0.2) is 0 Å². The molecule has 31 heavy (non-hydrogen) atoms. The van der Waals surface area contributed by atoms with Gasteiger partial charge in [-0.05, 0) is 93.7 Å². The maximum absolute atomic E-state index is 9.69. The monoisotopic (exact) mass is 417 g/mol. The number of aryl methyl sites for hydroxylation is 1. The predicted octanol–water partition coefficient (Wildman–Crippen LogP) is 5.57. The number of nitrogens with one attached hydrogen (secondary N) is 2. The van der Waals surface area contributed by atoms with Crippen molar-refractivity contribution >= 4 is 21.8 Å². The largest absolute Gasteiger partial charge is 0.508 e. The zero-order valence-corrected chi connectivity index (χ0v) is 18.2. The van der Waals surface area contributed by atoms with E-state index in [0.717, 1.165) is 41.7 Å². The van der Waals surface area contributed by atoms with Crippen LogP contribution in [-0.4, -0.2) is 46.7 Å². The molecule has 5 heteroatoms. The Hall–Kier alpha value is -2.92. The Morgan fingerprint density at radius 3 is 2.74 bits per heavy atom. The fourth-order valence-corrected chi connectivity index (χ4v) is 4.98. The van der Waals surface area contributed by atoms with Crippen LogP contribution in [0.3, 0.4) is 0 Å². The number of hydrogen-bond donors (Lipinski definition) is 3. The molecule has 0 aliphatic carbocycles. The molecule has 2 aromatic carbocycles. The van der Waals surface area contributed by atoms with Crippen molar-refractivity contribution in [3.05, 3.63) is 59.9 Å². The van der Waals surface area contributed by atoms with E-state index in [1.54, 1.807) is 13.2 Å². The van der Waals surface area contributed by atoms with Crippen LogP contribution in [0.5, 0.6) is 11.5 Å². The lowest BCUT2D eigenvalue weighted by Gasteiger charge is -2.31. The second kappa shape index (κ2) is 8.67. The van der Waals surface area contributed by atoms with Gasteiger partial charge in [0, 0.05) is 45.7 Å². The minimum atomic E-state index is 0.334. The van der Waals surface area contributed by atoms with Crippen molar-refractivity contribution in [1.82, 2.24) is 14.9 Å². The van der Waals surface area contributed by atoms with Gasteiger partial charge in [-0.1, -0.05) is 0 Å². The van der Waals surface area contributed by atoms with Gasteiger partial charge in [0.1, 0.15) is 11.5 Å². The van der Waals surface area contributed by atoms with Crippen LogP contribution in [0.1, 0.15) is 42.9 Å². The highest BCUT2D eigenvalue weighted by molar-refractivity contribution is 5.84. The van der Waals surface area contributed by atoms with Crippen molar-refractivity contribution in [3.63, 3.8) is 0 Å². The molecule has 0 unspecified atom stereocenters. The van der Waals surface area contributed by atoms with Gasteiger partial charge in [-0.15, -0.1) is 0 Å². The van der Waals surface area contributed by atoms with Crippen LogP contribution in [0.25, 0.3) is 21.8 Å². The maximum Gasteiger partial charge on any atom is 0.120 e. The van der Waals surface area contributed by atoms with Gasteiger partial charge in [0.05, 0.1) is 7.11 Å². The third-order valence-electron chi connectivity index (χ3n) is 6.80. The molecule has 0 radical (unpaired) electrons. The Morgan fingerprint density at radius 2 is 1.90 bits per heavy atom. The minimum absolute atomic E-state index is 0.334. The molecule has 0 atom stereocenters. The van der Waals surface area contributed by atoms with Crippen LogP contribution in [0.4, 0.5) is 0 Å². The smallest absolute Gasteiger partial charge is 0.120 e. The summed E-state index contributed by atoms with van der Waals surface area (Å²) in [5, 5.41) is 12.1. The Kier molecular flexibility index (Phi) is 5.60. The number of fused-ring (bicyclic) bond motifs is 2. The van der Waals surface area contributed by atoms with Crippen LogP contribution in [0.2, 0.25) is 0 Å². The van der Waals surface area contributed by atoms with E-state index in [1.165, 1.54) is 48.9 Å². The number of nitrogens with zero attached hydrogens (tertiary/aromatic N) is 1. The molecule has 4 aromatic rings. The number of phenolic OH excluding ortho intramolecular Hbond substituents is 1. The van der Waals surface area contributed by atoms with Gasteiger partial charge < -0.3 is 24.7 Å². The maximum atomic E-state index is 9.69. The number of rotatable bonds is 7. The number of aromatic nitrogens is 2. The van der Waals surface area contributed by atoms with Crippen LogP contribution in [0.15, 0.2) is 48.7 Å². The second-order valence-electron chi connectivity index (χ2n) is 8.79. The first kappa shape index (κ1) is 20.0. The number of aromatic hydroxyl groups is 1. The SMILES string of the molecule is COc1ccc2c(CCCCN3CCC(c4cc5cc(O)ccc5[nH]4)CC3)c[nH]c2c1. The highest BCUT2D eigenvalue weighted by Crippen LogP contribution is 2.31. The fourth-order valence-electron chi connectivity index (χ4n) is 4.98. The standard InChI is InChI=1S/C26H31N3O2/c1-31-22-6-7-23-19(17-27-26(23)16-22)4-2-3-11-29-12-9-18(10-13-29)25-15-20-14-21(30)5-8-24(20)28-25/h5-8,14-18,27-28,30H,2-4,9-13H2,1H3. The number of ether oxygens (including phenoxy) is 1. The van der Waals surface area contributed by atoms with E-state index in [2.05, 4.69) is 39.3 Å². The van der Waals surface area contributed by atoms with Gasteiger partial charge in [0.15, 0.2) is 0 Å². The normalized spacial score (nSPS) is 15.8. The zero-order valence-electron chi connectivity index (χ0n) is 18.2. The lowest BCUT2D eigenvalue weighted by molar-refractivity contribution is 0.208. The molecule has 1 fully saturated rings. The van der Waals surface area contributed by atoms with E-state index in [0.29, 0.717) is 11.7 Å². The molecule has 3 N–H and O–H groups in total. The van der Waals surface area contributed by atoms with E-state index in [1.807, 2.05) is 18.2 Å². The zero-order chi connectivity index (χ0) is 21.2. The average Bonchev–Trinajstić information content (AvgIpc) is 3.40. The van der Waals surface area contributed by atoms with E-state index >= 15 is 0 Å². The third-order valence-corrected chi connectivity index (χ3v) is 6.80. The van der Waals surface area contributed by atoms with Gasteiger partial charge in [0.2, 0.25) is 0 Å². The molecule has 0 saturated carbocycles. The Bertz CT molecular complexity index is 1170. The number of unbranched alkanes of at least 4 members (excludes halogenated alkanes) is 1. The molecular weight excluding hydrogens is 386 g/mol. The summed E-state index contributed by atoms with van der Waals surface area (Å²) < 4.78 is 5.32. The molecule has 5 nitrogen and oxygen atoms in total. The predicted molar refractivity (Wildman–Crippen MR) is 126 cm³/mol. The van der Waals surface area contributed by atoms with Crippen LogP contribution >= 0.6 is 0 Å². The molecule has 1 saturated heterocycles. The number of phenols is 1. The summed E-state index contributed by atoms with van der Waals surface area (Å²) in [6, 6.07) is 14.0. The number of piperidine rings is 1. The van der Waals surface area contributed by atoms with Crippen molar-refractivity contribution < 1.29 is 9.84 Å². The Balaban J connectivity index is 1.09. The molecule has 162 valence electrons. The summed E-state index contributed by atoms with van der Waals surface area (Å²) in [6.45, 7) is 3.51. The number of H-pyrrole nitrogens is 2. The molecule has 3 heterocycles. The number of benzene rings is 2. The van der Waals surface area contributed by atoms with Crippen molar-refractivity contribution in [2.24, 2.45) is 0 Å². The molecule has 1 aliphatic heterocycles. The molecule has 0 bridgehead atoms. The first-order valence-electron chi connectivity index (χ1n) is 11.4. The summed E-state index contributed by atoms with van der Waals surface area (Å²) in [5.41, 5.74) is 4.99. The molecule has 0 amide bonds. The first-order chi connectivity index (χ1) is 15.2. The summed E-state index contributed by atoms with van der Waals surface area (Å²) in [5.74, 6) is 1.82. The molecule has 0 spiro atoms. The lowest BCUT2D eigenvalue weighted by atomic mass is 9.93. The highest BCUT2D eigenvalue weighted by Gasteiger charge is 2.21. The van der Waals surface area contributed by atoms with Gasteiger partial charge >= 0.3 is 0 Å². The summed E-state index contributed by atoms with van der Waals surface area (Å²) >= 11 is 0. The lowest BCUT2D eigenvalue weighted by Crippen LogP contribution is -2.33. The molecule has 2 aromatic heterocycles. The number of likely N-dealkylation sites (tertiary alicyclic amines) is 1. The average molecular weight is 418 g/mol. The third kappa shape index (κ3) is 4.28. The van der Waals surface area contributed by atoms with Gasteiger partial charge in [-0.3, -0.25) is 0 Å². The molecule has 5 rings (SSSR count). The van der Waals surface area contributed by atoms with Crippen molar-refractivity contribution in [1.29, 1.82) is 0 Å². The molecular formula is C26H31N3O2. The van der Waals surface area contributed by atoms with Crippen LogP contribution in [0, 0.1) is 0 Å². The van der Waals surface area contributed by atoms with Gasteiger partial charge in [0.25, 0.3) is 0 Å². The Labute approximate surface area is 183 Å². The summed E-state index contributed by atoms with van der Waals surface area (Å²) in [7, 11) is 1.71. The number of hydrogen-bond acceptors (Lipinski definition) is 3. The fraction of sp³-hybridized carbons (Fsp3) is 0.385. The molecule has 1 aliphatic rings. The topological polar surface area (TPSA) is 64.3 Å². The van der Waals surface area contributed by atoms with E-state index in [4.69, 9.17) is 4.74 Å². The second-order valence-corrected chi connectivity index (χ2v) is 8.79. The van der Waals surface area contributed by atoms with E-state index in [-0.39, 0.29) is 0 Å². The first-order valence-corrected chi connectivity index (χ1v) is 11.4. The van der Waals surface area contributed by atoms with Crippen molar-refractivity contribution in [2.45, 2.75) is 38.0 Å². The Morgan fingerprint density at radius 1 is 1.03 bits per heavy atom. The summed E-state index contributed by atoms with van der Waals surface area (Å²) in [4.78, 5) is 9.55. The quantitative estimate of drug-likeness (QED) is 0.345. The van der Waals surface area contributed by atoms with Crippen molar-refractivity contribution in [2.75, 3.05) is 26.7 Å². The number of aromatic amines is 2.